The Labute approximate surface area is 150 Å². The van der Waals surface area contributed by atoms with Gasteiger partial charge < -0.3 is 14.5 Å². The number of carbonyl (C=O) groups excluding carboxylic acids is 2. The van der Waals surface area contributed by atoms with Crippen LogP contribution < -0.4 is 5.32 Å². The lowest BCUT2D eigenvalue weighted by Gasteiger charge is -2.06. The van der Waals surface area contributed by atoms with Crippen molar-refractivity contribution < 1.29 is 18.7 Å². The van der Waals surface area contributed by atoms with Crippen molar-refractivity contribution in [2.45, 2.75) is 27.7 Å². The predicted molar refractivity (Wildman–Crippen MR) is 97.7 cm³/mol. The molecule has 0 spiro atoms. The van der Waals surface area contributed by atoms with Crippen LogP contribution in [0.3, 0.4) is 0 Å². The molecule has 0 aliphatic heterocycles. The number of furan rings is 1. The number of aryl methyl sites for hydroxylation is 5. The van der Waals surface area contributed by atoms with Crippen molar-refractivity contribution in [3.63, 3.8) is 0 Å². The van der Waals surface area contributed by atoms with Crippen LogP contribution in [-0.2, 0) is 11.8 Å². The first-order chi connectivity index (χ1) is 12.2. The maximum atomic E-state index is 12.8. The quantitative estimate of drug-likeness (QED) is 0.727. The largest absolute Gasteiger partial charge is 0.464 e. The van der Waals surface area contributed by atoms with E-state index < -0.39 is 11.9 Å². The number of amides is 1. The fourth-order valence-corrected chi connectivity index (χ4v) is 3.00. The molecule has 26 heavy (non-hydrogen) atoms. The monoisotopic (exact) mass is 355 g/mol. The fraction of sp³-hybridized carbons (Fsp3) is 0.316. The van der Waals surface area contributed by atoms with Crippen LogP contribution in [0.25, 0.3) is 11.0 Å². The van der Waals surface area contributed by atoms with Gasteiger partial charge in [-0.1, -0.05) is 0 Å². The number of benzene rings is 1. The summed E-state index contributed by atoms with van der Waals surface area (Å²) >= 11 is 0. The van der Waals surface area contributed by atoms with E-state index >= 15 is 0 Å². The highest BCUT2D eigenvalue weighted by atomic mass is 16.5. The van der Waals surface area contributed by atoms with E-state index in [0.717, 1.165) is 22.1 Å². The summed E-state index contributed by atoms with van der Waals surface area (Å²) in [7, 11) is 2.90. The molecule has 0 saturated heterocycles. The molecule has 0 bridgehead atoms. The van der Waals surface area contributed by atoms with Crippen molar-refractivity contribution in [3.05, 3.63) is 46.0 Å². The normalized spacial score (nSPS) is 11.0. The third kappa shape index (κ3) is 2.75. The molecular weight excluding hydrogens is 334 g/mol. The van der Waals surface area contributed by atoms with Crippen LogP contribution in [0.15, 0.2) is 16.5 Å². The number of methoxy groups -OCH3 is 1. The number of fused-ring (bicyclic) bond motifs is 1. The maximum Gasteiger partial charge on any atom is 0.358 e. The Bertz CT molecular complexity index is 1040. The SMILES string of the molecule is COC(=O)c1c(NC(=O)c2oc3cc(C)c(C)cc3c2C)c(C)nn1C. The molecule has 0 radical (unpaired) electrons. The molecule has 1 N–H and O–H groups in total. The molecule has 0 saturated carbocycles. The van der Waals surface area contributed by atoms with Gasteiger partial charge in [-0.3, -0.25) is 9.48 Å². The van der Waals surface area contributed by atoms with Gasteiger partial charge in [0.15, 0.2) is 11.5 Å². The van der Waals surface area contributed by atoms with E-state index in [2.05, 4.69) is 10.4 Å². The van der Waals surface area contributed by atoms with E-state index in [0.29, 0.717) is 17.0 Å². The van der Waals surface area contributed by atoms with Gasteiger partial charge in [0.2, 0.25) is 0 Å². The van der Waals surface area contributed by atoms with Gasteiger partial charge in [0, 0.05) is 18.0 Å². The highest BCUT2D eigenvalue weighted by molar-refractivity contribution is 6.09. The number of aromatic nitrogens is 2. The minimum absolute atomic E-state index is 0.179. The van der Waals surface area contributed by atoms with E-state index in [-0.39, 0.29) is 11.5 Å². The van der Waals surface area contributed by atoms with Crippen LogP contribution in [0.4, 0.5) is 5.69 Å². The second-order valence-corrected chi connectivity index (χ2v) is 6.37. The zero-order valence-corrected chi connectivity index (χ0v) is 15.7. The van der Waals surface area contributed by atoms with Crippen LogP contribution in [0, 0.1) is 27.7 Å². The van der Waals surface area contributed by atoms with Crippen LogP contribution in [0.1, 0.15) is 43.4 Å². The topological polar surface area (TPSA) is 86.4 Å². The van der Waals surface area contributed by atoms with Gasteiger partial charge in [-0.2, -0.15) is 5.10 Å². The van der Waals surface area contributed by atoms with Crippen molar-refractivity contribution in [2.24, 2.45) is 7.05 Å². The van der Waals surface area contributed by atoms with Gasteiger partial charge in [0.1, 0.15) is 5.58 Å². The molecule has 1 amide bonds. The number of hydrogen-bond acceptors (Lipinski definition) is 5. The van der Waals surface area contributed by atoms with Crippen molar-refractivity contribution >= 4 is 28.5 Å². The van der Waals surface area contributed by atoms with E-state index in [1.165, 1.54) is 11.8 Å². The first kappa shape index (κ1) is 17.7. The summed E-state index contributed by atoms with van der Waals surface area (Å²) in [5.41, 5.74) is 4.64. The molecule has 0 aliphatic rings. The molecule has 7 nitrogen and oxygen atoms in total. The molecule has 0 atom stereocenters. The lowest BCUT2D eigenvalue weighted by molar-refractivity contribution is 0.0589. The molecule has 7 heteroatoms. The van der Waals surface area contributed by atoms with Crippen molar-refractivity contribution in [1.82, 2.24) is 9.78 Å². The summed E-state index contributed by atoms with van der Waals surface area (Å²) < 4.78 is 12.0. The van der Waals surface area contributed by atoms with Gasteiger partial charge in [-0.25, -0.2) is 4.79 Å². The molecule has 0 fully saturated rings. The number of nitrogens with one attached hydrogen (secondary N) is 1. The highest BCUT2D eigenvalue weighted by Gasteiger charge is 2.25. The Morgan fingerprint density at radius 2 is 1.81 bits per heavy atom. The molecule has 3 aromatic rings. The summed E-state index contributed by atoms with van der Waals surface area (Å²) in [4.78, 5) is 24.8. The van der Waals surface area contributed by atoms with Gasteiger partial charge in [-0.05, 0) is 51.0 Å². The van der Waals surface area contributed by atoms with E-state index in [1.54, 1.807) is 14.0 Å². The lowest BCUT2D eigenvalue weighted by atomic mass is 10.0. The zero-order chi connectivity index (χ0) is 19.2. The number of nitrogens with zero attached hydrogens (tertiary/aromatic N) is 2. The second-order valence-electron chi connectivity index (χ2n) is 6.37. The molecule has 0 unspecified atom stereocenters. The van der Waals surface area contributed by atoms with Crippen LogP contribution in [0.5, 0.6) is 0 Å². The van der Waals surface area contributed by atoms with Gasteiger partial charge in [-0.15, -0.1) is 0 Å². The summed E-state index contributed by atoms with van der Waals surface area (Å²) in [6.07, 6.45) is 0. The summed E-state index contributed by atoms with van der Waals surface area (Å²) in [6, 6.07) is 3.93. The number of anilines is 1. The van der Waals surface area contributed by atoms with Crippen molar-refractivity contribution in [2.75, 3.05) is 12.4 Å². The number of carbonyl (C=O) groups is 2. The van der Waals surface area contributed by atoms with E-state index in [1.807, 2.05) is 32.9 Å². The van der Waals surface area contributed by atoms with Crippen LogP contribution in [0.2, 0.25) is 0 Å². The molecule has 1 aromatic carbocycles. The van der Waals surface area contributed by atoms with E-state index in [4.69, 9.17) is 9.15 Å². The molecule has 2 heterocycles. The van der Waals surface area contributed by atoms with Gasteiger partial charge in [0.05, 0.1) is 18.5 Å². The number of rotatable bonds is 3. The summed E-state index contributed by atoms with van der Waals surface area (Å²) in [6.45, 7) is 7.56. The number of hydrogen-bond donors (Lipinski definition) is 1. The summed E-state index contributed by atoms with van der Waals surface area (Å²) in [5, 5.41) is 7.83. The predicted octanol–water partition coefficient (Wildman–Crippen LogP) is 3.44. The minimum atomic E-state index is -0.573. The molecule has 136 valence electrons. The van der Waals surface area contributed by atoms with Gasteiger partial charge >= 0.3 is 5.97 Å². The highest BCUT2D eigenvalue weighted by Crippen LogP contribution is 2.29. The Balaban J connectivity index is 2.03. The second kappa shape index (κ2) is 6.33. The zero-order valence-electron chi connectivity index (χ0n) is 15.7. The van der Waals surface area contributed by atoms with E-state index in [9.17, 15) is 9.59 Å². The maximum absolute atomic E-state index is 12.8. The Morgan fingerprint density at radius 1 is 1.15 bits per heavy atom. The van der Waals surface area contributed by atoms with Crippen molar-refractivity contribution in [3.8, 4) is 0 Å². The average molecular weight is 355 g/mol. The third-order valence-corrected chi connectivity index (χ3v) is 4.60. The number of esters is 1. The minimum Gasteiger partial charge on any atom is -0.464 e. The Kier molecular flexibility index (Phi) is 4.31. The average Bonchev–Trinajstić information content (AvgIpc) is 3.04. The fourth-order valence-electron chi connectivity index (χ4n) is 3.00. The van der Waals surface area contributed by atoms with Crippen molar-refractivity contribution in [1.29, 1.82) is 0 Å². The number of ether oxygens (including phenoxy) is 1. The molecule has 0 aliphatic carbocycles. The molecule has 2 aromatic heterocycles. The lowest BCUT2D eigenvalue weighted by Crippen LogP contribution is -2.17. The van der Waals surface area contributed by atoms with Gasteiger partial charge in [0.25, 0.3) is 5.91 Å². The Hall–Kier alpha value is -3.09. The van der Waals surface area contributed by atoms with Crippen LogP contribution >= 0.6 is 0 Å². The van der Waals surface area contributed by atoms with Crippen LogP contribution in [-0.4, -0.2) is 28.8 Å². The summed E-state index contributed by atoms with van der Waals surface area (Å²) in [5.74, 6) is -0.796. The first-order valence-corrected chi connectivity index (χ1v) is 8.18. The molecular formula is C19H21N3O4. The third-order valence-electron chi connectivity index (χ3n) is 4.60. The Morgan fingerprint density at radius 3 is 2.46 bits per heavy atom. The molecule has 3 rings (SSSR count). The smallest absolute Gasteiger partial charge is 0.358 e. The standard InChI is InChI=1S/C19H21N3O4/c1-9-7-13-11(3)17(26-14(13)8-10(9)2)18(23)20-15-12(4)21-22(5)16(15)19(24)25-6/h7-8H,1-6H3,(H,20,23). The first-order valence-electron chi connectivity index (χ1n) is 8.18.